The summed E-state index contributed by atoms with van der Waals surface area (Å²) in [5.74, 6) is 0.885. The van der Waals surface area contributed by atoms with E-state index in [9.17, 15) is 4.79 Å². The van der Waals surface area contributed by atoms with Gasteiger partial charge in [-0.3, -0.25) is 4.79 Å². The third-order valence-corrected chi connectivity index (χ3v) is 4.60. The Kier molecular flexibility index (Phi) is 13.0. The highest BCUT2D eigenvalue weighted by atomic mass is 35.5. The second-order valence-corrected chi connectivity index (χ2v) is 6.83. The summed E-state index contributed by atoms with van der Waals surface area (Å²) in [6.45, 7) is 6.72. The van der Waals surface area contributed by atoms with Crippen molar-refractivity contribution < 1.29 is 4.79 Å². The van der Waals surface area contributed by atoms with Gasteiger partial charge in [-0.2, -0.15) is 0 Å². The Balaban J connectivity index is 0.00000288. The molecule has 2 atom stereocenters. The van der Waals surface area contributed by atoms with Crippen molar-refractivity contribution in [2.45, 2.75) is 45.1 Å². The molecule has 0 saturated carbocycles. The van der Waals surface area contributed by atoms with Gasteiger partial charge in [-0.25, -0.2) is 0 Å². The number of hydrogen-bond acceptors (Lipinski definition) is 3. The van der Waals surface area contributed by atoms with Crippen LogP contribution in [-0.4, -0.2) is 37.0 Å². The number of carbonyl (C=O) groups is 1. The number of rotatable bonds is 8. The molecular weight excluding hydrogens is 357 g/mol. The second-order valence-electron chi connectivity index (χ2n) is 6.83. The lowest BCUT2D eigenvalue weighted by Gasteiger charge is -2.30. The molecule has 1 aromatic rings. The number of likely N-dealkylation sites (tertiary alicyclic amines) is 1. The van der Waals surface area contributed by atoms with E-state index in [1.165, 1.54) is 25.9 Å². The molecule has 3 N–H and O–H groups in total. The SMILES string of the molecule is CC1CCCN(CCCCNC(=O)CC(N)c2ccccc2)C1.Cl.Cl. The van der Waals surface area contributed by atoms with Gasteiger partial charge in [-0.05, 0) is 50.3 Å². The number of hydrogen-bond donors (Lipinski definition) is 2. The Labute approximate surface area is 164 Å². The van der Waals surface area contributed by atoms with Crippen LogP contribution in [0.4, 0.5) is 0 Å². The van der Waals surface area contributed by atoms with Gasteiger partial charge >= 0.3 is 0 Å². The fraction of sp³-hybridized carbons (Fsp3) is 0.632. The van der Waals surface area contributed by atoms with Gasteiger partial charge in [0, 0.05) is 25.6 Å². The van der Waals surface area contributed by atoms with Crippen LogP contribution in [0.25, 0.3) is 0 Å². The second kappa shape index (κ2) is 13.4. The third kappa shape index (κ3) is 9.45. The van der Waals surface area contributed by atoms with Crippen molar-refractivity contribution in [1.29, 1.82) is 0 Å². The first-order valence-electron chi connectivity index (χ1n) is 8.94. The fourth-order valence-corrected chi connectivity index (χ4v) is 3.27. The molecule has 2 rings (SSSR count). The molecule has 0 bridgehead atoms. The van der Waals surface area contributed by atoms with Crippen molar-refractivity contribution in [1.82, 2.24) is 10.2 Å². The van der Waals surface area contributed by atoms with Crippen molar-refractivity contribution in [3.63, 3.8) is 0 Å². The monoisotopic (exact) mass is 389 g/mol. The van der Waals surface area contributed by atoms with Crippen LogP contribution in [0, 0.1) is 5.92 Å². The van der Waals surface area contributed by atoms with Crippen LogP contribution in [0.15, 0.2) is 30.3 Å². The van der Waals surface area contributed by atoms with E-state index in [4.69, 9.17) is 5.73 Å². The van der Waals surface area contributed by atoms with Crippen molar-refractivity contribution in [2.75, 3.05) is 26.2 Å². The molecule has 6 heteroatoms. The smallest absolute Gasteiger partial charge is 0.221 e. The third-order valence-electron chi connectivity index (χ3n) is 4.60. The summed E-state index contributed by atoms with van der Waals surface area (Å²) >= 11 is 0. The molecule has 1 amide bonds. The zero-order chi connectivity index (χ0) is 16.5. The topological polar surface area (TPSA) is 58.4 Å². The Bertz CT molecular complexity index is 473. The number of amides is 1. The minimum absolute atomic E-state index is 0. The van der Waals surface area contributed by atoms with Crippen LogP contribution in [-0.2, 0) is 4.79 Å². The quantitative estimate of drug-likeness (QED) is 0.668. The van der Waals surface area contributed by atoms with Crippen LogP contribution in [0.5, 0.6) is 0 Å². The zero-order valence-electron chi connectivity index (χ0n) is 15.2. The molecule has 0 spiro atoms. The standard InChI is InChI=1S/C19H31N3O.2ClH/c1-16-8-7-13-22(15-16)12-6-5-11-21-19(23)14-18(20)17-9-3-2-4-10-17;;/h2-4,9-10,16,18H,5-8,11-15,20H2,1H3,(H,21,23);2*1H. The van der Waals surface area contributed by atoms with Crippen LogP contribution in [0.3, 0.4) is 0 Å². The highest BCUT2D eigenvalue weighted by Gasteiger charge is 2.15. The molecule has 0 aliphatic carbocycles. The molecule has 4 nitrogen and oxygen atoms in total. The maximum absolute atomic E-state index is 11.9. The number of benzene rings is 1. The number of nitrogens with one attached hydrogen (secondary N) is 1. The molecule has 0 radical (unpaired) electrons. The molecule has 1 heterocycles. The summed E-state index contributed by atoms with van der Waals surface area (Å²) in [5.41, 5.74) is 7.08. The van der Waals surface area contributed by atoms with Crippen LogP contribution in [0.1, 0.15) is 50.6 Å². The van der Waals surface area contributed by atoms with Crippen molar-refractivity contribution in [3.8, 4) is 0 Å². The first-order chi connectivity index (χ1) is 11.1. The number of halogens is 2. The summed E-state index contributed by atoms with van der Waals surface area (Å²) in [6.07, 6.45) is 5.24. The summed E-state index contributed by atoms with van der Waals surface area (Å²) in [6, 6.07) is 9.59. The van der Waals surface area contributed by atoms with Gasteiger partial charge in [0.05, 0.1) is 0 Å². The van der Waals surface area contributed by atoms with Crippen molar-refractivity contribution in [2.24, 2.45) is 11.7 Å². The largest absolute Gasteiger partial charge is 0.356 e. The highest BCUT2D eigenvalue weighted by Crippen LogP contribution is 2.15. The maximum atomic E-state index is 11.9. The van der Waals surface area contributed by atoms with Crippen molar-refractivity contribution >= 4 is 30.7 Å². The Morgan fingerprint density at radius 2 is 2.00 bits per heavy atom. The van der Waals surface area contributed by atoms with E-state index in [0.717, 1.165) is 37.4 Å². The molecule has 1 saturated heterocycles. The van der Waals surface area contributed by atoms with Crippen molar-refractivity contribution in [3.05, 3.63) is 35.9 Å². The summed E-state index contributed by atoms with van der Waals surface area (Å²) < 4.78 is 0. The Morgan fingerprint density at radius 1 is 1.28 bits per heavy atom. The molecule has 25 heavy (non-hydrogen) atoms. The number of piperidine rings is 1. The lowest BCUT2D eigenvalue weighted by atomic mass is 10.0. The average Bonchev–Trinajstić information content (AvgIpc) is 2.55. The van der Waals surface area contributed by atoms with Gasteiger partial charge in [-0.15, -0.1) is 24.8 Å². The molecule has 1 aromatic carbocycles. The van der Waals surface area contributed by atoms with Gasteiger partial charge < -0.3 is 16.0 Å². The predicted octanol–water partition coefficient (Wildman–Crippen LogP) is 3.55. The molecular formula is C19H33Cl2N3O. The first kappa shape index (κ1) is 24.2. The van der Waals surface area contributed by atoms with E-state index in [2.05, 4.69) is 17.1 Å². The number of carbonyl (C=O) groups excluding carboxylic acids is 1. The van der Waals surface area contributed by atoms with Crippen LogP contribution < -0.4 is 11.1 Å². The Hall–Kier alpha value is -0.810. The van der Waals surface area contributed by atoms with Gasteiger partial charge in [-0.1, -0.05) is 37.3 Å². The Morgan fingerprint density at radius 3 is 2.68 bits per heavy atom. The average molecular weight is 390 g/mol. The summed E-state index contributed by atoms with van der Waals surface area (Å²) in [7, 11) is 0. The molecule has 0 aromatic heterocycles. The van der Waals surface area contributed by atoms with E-state index in [-0.39, 0.29) is 36.8 Å². The summed E-state index contributed by atoms with van der Waals surface area (Å²) in [5, 5.41) is 2.99. The minimum Gasteiger partial charge on any atom is -0.356 e. The molecule has 1 fully saturated rings. The number of nitrogens with two attached hydrogens (primary N) is 1. The molecule has 2 unspecified atom stereocenters. The van der Waals surface area contributed by atoms with E-state index in [0.29, 0.717) is 6.42 Å². The number of nitrogens with zero attached hydrogens (tertiary/aromatic N) is 1. The van der Waals surface area contributed by atoms with Crippen LogP contribution in [0.2, 0.25) is 0 Å². The highest BCUT2D eigenvalue weighted by molar-refractivity contribution is 5.85. The maximum Gasteiger partial charge on any atom is 0.221 e. The lowest BCUT2D eigenvalue weighted by Crippen LogP contribution is -2.35. The zero-order valence-corrected chi connectivity index (χ0v) is 16.8. The van der Waals surface area contributed by atoms with Crippen LogP contribution >= 0.6 is 24.8 Å². The molecule has 1 aliphatic rings. The van der Waals surface area contributed by atoms with E-state index < -0.39 is 0 Å². The first-order valence-corrected chi connectivity index (χ1v) is 8.94. The predicted molar refractivity (Wildman–Crippen MR) is 110 cm³/mol. The normalized spacial score (nSPS) is 18.6. The van der Waals surface area contributed by atoms with Gasteiger partial charge in [0.25, 0.3) is 0 Å². The molecule has 144 valence electrons. The number of unbranched alkanes of at least 4 members (excludes halogenated alkanes) is 1. The van der Waals surface area contributed by atoms with Gasteiger partial charge in [0.15, 0.2) is 0 Å². The lowest BCUT2D eigenvalue weighted by molar-refractivity contribution is -0.121. The molecule has 1 aliphatic heterocycles. The summed E-state index contributed by atoms with van der Waals surface area (Å²) in [4.78, 5) is 14.5. The fourth-order valence-electron chi connectivity index (χ4n) is 3.27. The van der Waals surface area contributed by atoms with Gasteiger partial charge in [0.1, 0.15) is 0 Å². The minimum atomic E-state index is -0.217. The van der Waals surface area contributed by atoms with E-state index in [1.807, 2.05) is 30.3 Å². The van der Waals surface area contributed by atoms with Gasteiger partial charge in [0.2, 0.25) is 5.91 Å². The van der Waals surface area contributed by atoms with E-state index in [1.54, 1.807) is 0 Å². The van der Waals surface area contributed by atoms with E-state index >= 15 is 0 Å².